The smallest absolute Gasteiger partial charge is 0.416 e. The average Bonchev–Trinajstić information content (AvgIpc) is 2.72. The fourth-order valence-electron chi connectivity index (χ4n) is 2.94. The fraction of sp³-hybridized carbons (Fsp3) is 0.556. The molecule has 0 bridgehead atoms. The normalized spacial score (nSPS) is 22.9. The number of cyclic esters (lactones) is 1. The Kier molecular flexibility index (Phi) is 6.33. The van der Waals surface area contributed by atoms with E-state index in [2.05, 4.69) is 5.32 Å². The van der Waals surface area contributed by atoms with Gasteiger partial charge in [-0.05, 0) is 24.6 Å². The van der Waals surface area contributed by atoms with Crippen LogP contribution in [0.4, 0.5) is 27.2 Å². The molecule has 2 fully saturated rings. The van der Waals surface area contributed by atoms with Crippen molar-refractivity contribution in [3.05, 3.63) is 29.6 Å². The number of nitrogens with one attached hydrogen (secondary N) is 1. The van der Waals surface area contributed by atoms with Crippen LogP contribution in [0.1, 0.15) is 24.8 Å². The van der Waals surface area contributed by atoms with Crippen molar-refractivity contribution in [2.24, 2.45) is 0 Å². The summed E-state index contributed by atoms with van der Waals surface area (Å²) in [5, 5.41) is 2.51. The van der Waals surface area contributed by atoms with Gasteiger partial charge in [0.25, 0.3) is 0 Å². The van der Waals surface area contributed by atoms with Gasteiger partial charge in [0, 0.05) is 32.5 Å². The van der Waals surface area contributed by atoms with Crippen LogP contribution in [0.3, 0.4) is 0 Å². The van der Waals surface area contributed by atoms with Gasteiger partial charge in [-0.3, -0.25) is 0 Å². The third-order valence-electron chi connectivity index (χ3n) is 4.59. The molecule has 2 aliphatic rings. The SMILES string of the molecule is O=C1NCCN(C(=O)OC2CC(Oc3ccc(C(F)(F)F)cc3F)C2)CCCO1. The maximum Gasteiger partial charge on any atom is 0.416 e. The first-order valence-electron chi connectivity index (χ1n) is 9.12. The van der Waals surface area contributed by atoms with Gasteiger partial charge in [0.2, 0.25) is 0 Å². The van der Waals surface area contributed by atoms with Crippen molar-refractivity contribution < 1.29 is 41.4 Å². The van der Waals surface area contributed by atoms with E-state index in [0.717, 1.165) is 12.1 Å². The molecule has 0 unspecified atom stereocenters. The molecular formula is C18H20F4N2O5. The van der Waals surface area contributed by atoms with E-state index < -0.39 is 42.0 Å². The first kappa shape index (κ1) is 21.0. The highest BCUT2D eigenvalue weighted by atomic mass is 19.4. The number of amides is 2. The number of hydrogen-bond acceptors (Lipinski definition) is 5. The van der Waals surface area contributed by atoms with Gasteiger partial charge in [-0.15, -0.1) is 0 Å². The second kappa shape index (κ2) is 8.75. The molecule has 1 aliphatic carbocycles. The van der Waals surface area contributed by atoms with Crippen molar-refractivity contribution in [1.29, 1.82) is 0 Å². The van der Waals surface area contributed by atoms with Crippen molar-refractivity contribution in [3.8, 4) is 5.75 Å². The first-order chi connectivity index (χ1) is 13.7. The van der Waals surface area contributed by atoms with Crippen molar-refractivity contribution >= 4 is 12.2 Å². The number of carbonyl (C=O) groups excluding carboxylic acids is 2. The summed E-state index contributed by atoms with van der Waals surface area (Å²) in [6.45, 7) is 1.07. The highest BCUT2D eigenvalue weighted by molar-refractivity contribution is 5.69. The first-order valence-corrected chi connectivity index (χ1v) is 9.12. The van der Waals surface area contributed by atoms with E-state index in [0.29, 0.717) is 31.9 Å². The van der Waals surface area contributed by atoms with Gasteiger partial charge in [-0.25, -0.2) is 14.0 Å². The van der Waals surface area contributed by atoms with E-state index in [4.69, 9.17) is 14.2 Å². The second-order valence-corrected chi connectivity index (χ2v) is 6.76. The van der Waals surface area contributed by atoms with Crippen molar-refractivity contribution in [2.45, 2.75) is 37.6 Å². The summed E-state index contributed by atoms with van der Waals surface area (Å²) >= 11 is 0. The van der Waals surface area contributed by atoms with Crippen LogP contribution in [0.5, 0.6) is 5.75 Å². The minimum absolute atomic E-state index is 0.188. The monoisotopic (exact) mass is 420 g/mol. The number of ether oxygens (including phenoxy) is 3. The van der Waals surface area contributed by atoms with Gasteiger partial charge in [-0.2, -0.15) is 13.2 Å². The third-order valence-corrected chi connectivity index (χ3v) is 4.59. The number of alkyl halides is 3. The molecule has 160 valence electrons. The second-order valence-electron chi connectivity index (χ2n) is 6.76. The van der Waals surface area contributed by atoms with E-state index >= 15 is 0 Å². The highest BCUT2D eigenvalue weighted by Crippen LogP contribution is 2.34. The number of nitrogens with zero attached hydrogens (tertiary/aromatic N) is 1. The molecule has 1 aromatic rings. The Hall–Kier alpha value is -2.72. The molecule has 0 aromatic heterocycles. The van der Waals surface area contributed by atoms with Crippen LogP contribution in [0, 0.1) is 5.82 Å². The van der Waals surface area contributed by atoms with Crippen LogP contribution in [0.2, 0.25) is 0 Å². The lowest BCUT2D eigenvalue weighted by molar-refractivity contribution is -0.137. The molecule has 2 amide bonds. The molecule has 7 nitrogen and oxygen atoms in total. The quantitative estimate of drug-likeness (QED) is 0.760. The van der Waals surface area contributed by atoms with E-state index in [-0.39, 0.29) is 25.4 Å². The van der Waals surface area contributed by atoms with Gasteiger partial charge in [-0.1, -0.05) is 0 Å². The topological polar surface area (TPSA) is 77.1 Å². The van der Waals surface area contributed by atoms with Gasteiger partial charge in [0.15, 0.2) is 11.6 Å². The number of carbonyl (C=O) groups is 2. The van der Waals surface area contributed by atoms with Gasteiger partial charge >= 0.3 is 18.4 Å². The third kappa shape index (κ3) is 5.64. The van der Waals surface area contributed by atoms with Crippen molar-refractivity contribution in [3.63, 3.8) is 0 Å². The Bertz CT molecular complexity index is 752. The molecule has 1 heterocycles. The standard InChI is InChI=1S/C18H20F4N2O5/c19-14-8-11(18(20,21)22)2-3-15(14)28-12-9-13(10-12)29-17(26)24-5-1-7-27-16(25)23-4-6-24/h2-3,8,12-13H,1,4-7,9-10H2,(H,23,25). The average molecular weight is 420 g/mol. The molecule has 1 saturated heterocycles. The molecule has 11 heteroatoms. The zero-order valence-electron chi connectivity index (χ0n) is 15.3. The molecule has 1 N–H and O–H groups in total. The summed E-state index contributed by atoms with van der Waals surface area (Å²) in [4.78, 5) is 24.9. The number of rotatable bonds is 3. The lowest BCUT2D eigenvalue weighted by atomic mass is 9.92. The van der Waals surface area contributed by atoms with Gasteiger partial charge in [0.05, 0.1) is 12.2 Å². The highest BCUT2D eigenvalue weighted by Gasteiger charge is 2.36. The fourth-order valence-corrected chi connectivity index (χ4v) is 2.94. The van der Waals surface area contributed by atoms with Crippen LogP contribution in [0.15, 0.2) is 18.2 Å². The summed E-state index contributed by atoms with van der Waals surface area (Å²) < 4.78 is 67.1. The van der Waals surface area contributed by atoms with E-state index in [1.165, 1.54) is 4.90 Å². The van der Waals surface area contributed by atoms with Gasteiger partial charge in [0.1, 0.15) is 12.2 Å². The lowest BCUT2D eigenvalue weighted by Crippen LogP contribution is -2.45. The van der Waals surface area contributed by atoms with Crippen LogP contribution >= 0.6 is 0 Å². The van der Waals surface area contributed by atoms with E-state index in [9.17, 15) is 27.2 Å². The molecular weight excluding hydrogens is 400 g/mol. The zero-order chi connectivity index (χ0) is 21.0. The lowest BCUT2D eigenvalue weighted by Gasteiger charge is -2.36. The Labute approximate surface area is 163 Å². The summed E-state index contributed by atoms with van der Waals surface area (Å²) in [7, 11) is 0. The maximum atomic E-state index is 13.8. The number of alkyl carbamates (subject to hydrolysis) is 1. The number of halogens is 4. The molecule has 29 heavy (non-hydrogen) atoms. The van der Waals surface area contributed by atoms with E-state index in [1.807, 2.05) is 0 Å². The van der Waals surface area contributed by atoms with Gasteiger partial charge < -0.3 is 24.4 Å². The minimum atomic E-state index is -4.63. The minimum Gasteiger partial charge on any atom is -0.487 e. The van der Waals surface area contributed by atoms with Crippen molar-refractivity contribution in [1.82, 2.24) is 10.2 Å². The molecule has 0 spiro atoms. The Morgan fingerprint density at radius 1 is 1.21 bits per heavy atom. The molecule has 1 saturated carbocycles. The largest absolute Gasteiger partial charge is 0.487 e. The molecule has 3 rings (SSSR count). The van der Waals surface area contributed by atoms with Crippen molar-refractivity contribution in [2.75, 3.05) is 26.2 Å². The van der Waals surface area contributed by atoms with Crippen LogP contribution in [-0.4, -0.2) is 55.5 Å². The Morgan fingerprint density at radius 2 is 1.97 bits per heavy atom. The number of hydrogen-bond donors (Lipinski definition) is 1. The summed E-state index contributed by atoms with van der Waals surface area (Å²) in [5.41, 5.74) is -1.09. The van der Waals surface area contributed by atoms with Crippen LogP contribution in [-0.2, 0) is 15.7 Å². The van der Waals surface area contributed by atoms with Crippen LogP contribution in [0.25, 0.3) is 0 Å². The molecule has 0 atom stereocenters. The Balaban J connectivity index is 1.45. The summed E-state index contributed by atoms with van der Waals surface area (Å²) in [6.07, 6.45) is -5.49. The Morgan fingerprint density at radius 3 is 2.66 bits per heavy atom. The number of benzene rings is 1. The predicted octanol–water partition coefficient (Wildman–Crippen LogP) is 3.32. The summed E-state index contributed by atoms with van der Waals surface area (Å²) in [6, 6.07) is 2.08. The summed E-state index contributed by atoms with van der Waals surface area (Å²) in [5.74, 6) is -1.37. The predicted molar refractivity (Wildman–Crippen MR) is 90.9 cm³/mol. The van der Waals surface area contributed by atoms with Crippen LogP contribution < -0.4 is 10.1 Å². The molecule has 0 radical (unpaired) electrons. The molecule has 1 aromatic carbocycles. The zero-order valence-corrected chi connectivity index (χ0v) is 15.3. The molecule has 1 aliphatic heterocycles. The van der Waals surface area contributed by atoms with E-state index in [1.54, 1.807) is 0 Å². The maximum absolute atomic E-state index is 13.8.